The lowest BCUT2D eigenvalue weighted by atomic mass is 9.83. The van der Waals surface area contributed by atoms with Crippen LogP contribution >= 0.6 is 0 Å². The molecule has 0 bridgehead atoms. The molecular formula is C19H26N6O2. The SMILES string of the molecule is Cc1ccccc1CNc1nc(N)c([N+](=O)[O-])c(C[C@H]2CC[C@H](N)CC2)n1. The molecule has 0 saturated heterocycles. The van der Waals surface area contributed by atoms with Gasteiger partial charge >= 0.3 is 5.69 Å². The van der Waals surface area contributed by atoms with E-state index in [9.17, 15) is 10.1 Å². The monoisotopic (exact) mass is 370 g/mol. The van der Waals surface area contributed by atoms with E-state index in [-0.39, 0.29) is 17.5 Å². The van der Waals surface area contributed by atoms with Gasteiger partial charge in [0, 0.05) is 12.6 Å². The van der Waals surface area contributed by atoms with Gasteiger partial charge in [-0.25, -0.2) is 4.98 Å². The Labute approximate surface area is 158 Å². The number of rotatable bonds is 6. The van der Waals surface area contributed by atoms with Gasteiger partial charge in [-0.3, -0.25) is 10.1 Å². The summed E-state index contributed by atoms with van der Waals surface area (Å²) in [6, 6.07) is 8.23. The van der Waals surface area contributed by atoms with Gasteiger partial charge in [-0.1, -0.05) is 24.3 Å². The summed E-state index contributed by atoms with van der Waals surface area (Å²) < 4.78 is 0. The molecule has 1 aromatic carbocycles. The molecule has 27 heavy (non-hydrogen) atoms. The van der Waals surface area contributed by atoms with Crippen LogP contribution in [0.15, 0.2) is 24.3 Å². The summed E-state index contributed by atoms with van der Waals surface area (Å²) in [4.78, 5) is 19.5. The number of aryl methyl sites for hydroxylation is 1. The van der Waals surface area contributed by atoms with Crippen LogP contribution in [0.3, 0.4) is 0 Å². The van der Waals surface area contributed by atoms with Gasteiger partial charge in [-0.05, 0) is 56.1 Å². The summed E-state index contributed by atoms with van der Waals surface area (Å²) in [7, 11) is 0. The van der Waals surface area contributed by atoms with Crippen molar-refractivity contribution in [2.24, 2.45) is 11.7 Å². The van der Waals surface area contributed by atoms with E-state index in [4.69, 9.17) is 11.5 Å². The van der Waals surface area contributed by atoms with Crippen LogP contribution in [0.1, 0.15) is 42.5 Å². The van der Waals surface area contributed by atoms with E-state index in [2.05, 4.69) is 15.3 Å². The molecule has 0 spiro atoms. The lowest BCUT2D eigenvalue weighted by Crippen LogP contribution is -2.27. The third-order valence-corrected chi connectivity index (χ3v) is 5.24. The number of nitro groups is 1. The van der Waals surface area contributed by atoms with Gasteiger partial charge in [0.15, 0.2) is 0 Å². The average Bonchev–Trinajstić information content (AvgIpc) is 2.62. The van der Waals surface area contributed by atoms with Crippen LogP contribution in [0.2, 0.25) is 0 Å². The number of nitrogens with one attached hydrogen (secondary N) is 1. The molecule has 5 N–H and O–H groups in total. The molecular weight excluding hydrogens is 344 g/mol. The number of nitrogens with zero attached hydrogens (tertiary/aromatic N) is 3. The second kappa shape index (κ2) is 8.30. The van der Waals surface area contributed by atoms with E-state index in [1.807, 2.05) is 31.2 Å². The normalized spacial score (nSPS) is 19.6. The van der Waals surface area contributed by atoms with Gasteiger partial charge < -0.3 is 16.8 Å². The molecule has 3 rings (SSSR count). The van der Waals surface area contributed by atoms with Crippen molar-refractivity contribution in [1.82, 2.24) is 9.97 Å². The van der Waals surface area contributed by atoms with E-state index in [1.165, 1.54) is 0 Å². The minimum Gasteiger partial charge on any atom is -0.378 e. The highest BCUT2D eigenvalue weighted by Gasteiger charge is 2.27. The maximum absolute atomic E-state index is 11.5. The zero-order valence-corrected chi connectivity index (χ0v) is 15.5. The Bertz CT molecular complexity index is 818. The fourth-order valence-corrected chi connectivity index (χ4v) is 3.59. The summed E-state index contributed by atoms with van der Waals surface area (Å²) >= 11 is 0. The van der Waals surface area contributed by atoms with E-state index < -0.39 is 4.92 Å². The number of hydrogen-bond acceptors (Lipinski definition) is 7. The van der Waals surface area contributed by atoms with Gasteiger partial charge in [-0.15, -0.1) is 0 Å². The van der Waals surface area contributed by atoms with Crippen LogP contribution in [-0.2, 0) is 13.0 Å². The predicted octanol–water partition coefficient (Wildman–Crippen LogP) is 2.95. The minimum atomic E-state index is -0.482. The summed E-state index contributed by atoms with van der Waals surface area (Å²) in [6.45, 7) is 2.56. The van der Waals surface area contributed by atoms with E-state index >= 15 is 0 Å². The van der Waals surface area contributed by atoms with Crippen LogP contribution in [0, 0.1) is 23.0 Å². The molecule has 144 valence electrons. The summed E-state index contributed by atoms with van der Waals surface area (Å²) in [5.41, 5.74) is 14.3. The standard InChI is InChI=1S/C19H26N6O2/c1-12-4-2-3-5-14(12)11-22-19-23-16(17(25(26)27)18(21)24-19)10-13-6-8-15(20)9-7-13/h2-5,13,15H,6-11,20H2,1H3,(H3,21,22,23,24)/t13-,15-. The first-order valence-corrected chi connectivity index (χ1v) is 9.28. The molecule has 8 heteroatoms. The van der Waals surface area contributed by atoms with Crippen molar-refractivity contribution < 1.29 is 4.92 Å². The summed E-state index contributed by atoms with van der Waals surface area (Å²) in [6.07, 6.45) is 4.31. The lowest BCUT2D eigenvalue weighted by Gasteiger charge is -2.25. The van der Waals surface area contributed by atoms with Crippen LogP contribution in [0.4, 0.5) is 17.5 Å². The highest BCUT2D eigenvalue weighted by molar-refractivity contribution is 5.58. The van der Waals surface area contributed by atoms with Crippen LogP contribution in [0.5, 0.6) is 0 Å². The number of benzene rings is 1. The quantitative estimate of drug-likeness (QED) is 0.526. The third kappa shape index (κ3) is 4.71. The number of anilines is 2. The van der Waals surface area contributed by atoms with Gasteiger partial charge in [0.2, 0.25) is 11.8 Å². The Morgan fingerprint density at radius 1 is 1.22 bits per heavy atom. The first-order valence-electron chi connectivity index (χ1n) is 9.28. The highest BCUT2D eigenvalue weighted by Crippen LogP contribution is 2.31. The molecule has 1 heterocycles. The van der Waals surface area contributed by atoms with Crippen molar-refractivity contribution in [3.63, 3.8) is 0 Å². The maximum Gasteiger partial charge on any atom is 0.332 e. The number of aromatic nitrogens is 2. The largest absolute Gasteiger partial charge is 0.378 e. The Morgan fingerprint density at radius 3 is 2.59 bits per heavy atom. The van der Waals surface area contributed by atoms with Crippen molar-refractivity contribution in [1.29, 1.82) is 0 Å². The van der Waals surface area contributed by atoms with Crippen LogP contribution in [-0.4, -0.2) is 20.9 Å². The van der Waals surface area contributed by atoms with Crippen molar-refractivity contribution in [3.8, 4) is 0 Å². The fourth-order valence-electron chi connectivity index (χ4n) is 3.59. The van der Waals surface area contributed by atoms with E-state index in [0.717, 1.165) is 36.8 Å². The molecule has 1 aliphatic rings. The van der Waals surface area contributed by atoms with Crippen molar-refractivity contribution in [3.05, 3.63) is 51.2 Å². The zero-order valence-electron chi connectivity index (χ0n) is 15.5. The van der Waals surface area contributed by atoms with Gasteiger partial charge in [0.05, 0.1) is 4.92 Å². The first-order chi connectivity index (χ1) is 12.9. The fraction of sp³-hybridized carbons (Fsp3) is 0.474. The molecule has 1 saturated carbocycles. The van der Waals surface area contributed by atoms with E-state index in [1.54, 1.807) is 0 Å². The van der Waals surface area contributed by atoms with Crippen molar-refractivity contribution >= 4 is 17.5 Å². The zero-order chi connectivity index (χ0) is 19.4. The maximum atomic E-state index is 11.5. The second-order valence-corrected chi connectivity index (χ2v) is 7.25. The van der Waals surface area contributed by atoms with Crippen LogP contribution in [0.25, 0.3) is 0 Å². The molecule has 1 aliphatic carbocycles. The molecule has 0 amide bonds. The molecule has 0 aliphatic heterocycles. The molecule has 1 fully saturated rings. The number of hydrogen-bond donors (Lipinski definition) is 3. The Balaban J connectivity index is 1.80. The van der Waals surface area contributed by atoms with Gasteiger partial charge in [0.1, 0.15) is 5.69 Å². The smallest absolute Gasteiger partial charge is 0.332 e. The molecule has 1 aromatic heterocycles. The molecule has 2 aromatic rings. The van der Waals surface area contributed by atoms with Crippen molar-refractivity contribution in [2.45, 2.75) is 51.6 Å². The predicted molar refractivity (Wildman–Crippen MR) is 105 cm³/mol. The third-order valence-electron chi connectivity index (χ3n) is 5.24. The Kier molecular flexibility index (Phi) is 5.85. The summed E-state index contributed by atoms with van der Waals surface area (Å²) in [5.74, 6) is 0.565. The minimum absolute atomic E-state index is 0.0928. The van der Waals surface area contributed by atoms with E-state index in [0.29, 0.717) is 30.5 Å². The summed E-state index contributed by atoms with van der Waals surface area (Å²) in [5, 5.41) is 14.6. The second-order valence-electron chi connectivity index (χ2n) is 7.25. The highest BCUT2D eigenvalue weighted by atomic mass is 16.6. The van der Waals surface area contributed by atoms with Crippen LogP contribution < -0.4 is 16.8 Å². The number of nitrogens with two attached hydrogens (primary N) is 2. The topological polar surface area (TPSA) is 133 Å². The van der Waals surface area contributed by atoms with Gasteiger partial charge in [0.25, 0.3) is 0 Å². The molecule has 0 unspecified atom stereocenters. The molecule has 8 nitrogen and oxygen atoms in total. The average molecular weight is 370 g/mol. The molecule has 0 atom stereocenters. The number of nitrogen functional groups attached to an aromatic ring is 1. The Hall–Kier alpha value is -2.74. The van der Waals surface area contributed by atoms with Crippen molar-refractivity contribution in [2.75, 3.05) is 11.1 Å². The molecule has 0 radical (unpaired) electrons. The Morgan fingerprint density at radius 2 is 1.93 bits per heavy atom. The lowest BCUT2D eigenvalue weighted by molar-refractivity contribution is -0.385. The van der Waals surface area contributed by atoms with Gasteiger partial charge in [-0.2, -0.15) is 4.98 Å². The first kappa shape index (κ1) is 19.0.